The fraction of sp³-hybridized carbons (Fsp3) is 0.448. The number of anilines is 1. The van der Waals surface area contributed by atoms with E-state index in [1.54, 1.807) is 27.2 Å². The van der Waals surface area contributed by atoms with Crippen molar-refractivity contribution < 1.29 is 36.1 Å². The smallest absolute Gasteiger partial charge is 0.344 e. The molecule has 13 nitrogen and oxygen atoms in total. The van der Waals surface area contributed by atoms with Gasteiger partial charge in [0.25, 0.3) is 10.1 Å². The van der Waals surface area contributed by atoms with Gasteiger partial charge in [0.1, 0.15) is 47.2 Å². The lowest BCUT2D eigenvalue weighted by Crippen LogP contribution is -2.12. The molecule has 1 aromatic carbocycles. The van der Waals surface area contributed by atoms with E-state index in [4.69, 9.17) is 22.9 Å². The highest BCUT2D eigenvalue weighted by Crippen LogP contribution is 2.47. The van der Waals surface area contributed by atoms with Crippen LogP contribution in [0.5, 0.6) is 11.5 Å². The van der Waals surface area contributed by atoms with Crippen molar-refractivity contribution in [3.63, 3.8) is 0 Å². The second-order valence-corrected chi connectivity index (χ2v) is 12.1. The van der Waals surface area contributed by atoms with Crippen LogP contribution in [0, 0.1) is 0 Å². The summed E-state index contributed by atoms with van der Waals surface area (Å²) in [5.41, 5.74) is 2.64. The summed E-state index contributed by atoms with van der Waals surface area (Å²) < 4.78 is 53.5. The molecule has 0 amide bonds. The summed E-state index contributed by atoms with van der Waals surface area (Å²) in [5, 5.41) is 8.27. The molecule has 0 radical (unpaired) electrons. The zero-order chi connectivity index (χ0) is 30.9. The first-order chi connectivity index (χ1) is 20.6. The lowest BCUT2D eigenvalue weighted by Gasteiger charge is -2.14. The van der Waals surface area contributed by atoms with E-state index in [0.717, 1.165) is 24.7 Å². The molecule has 0 spiro atoms. The Morgan fingerprint density at radius 3 is 2.58 bits per heavy atom. The molecule has 1 aliphatic rings. The van der Waals surface area contributed by atoms with Gasteiger partial charge in [0.2, 0.25) is 0 Å². The Bertz CT molecular complexity index is 1760. The van der Waals surface area contributed by atoms with Crippen LogP contribution in [0.1, 0.15) is 72.9 Å². The summed E-state index contributed by atoms with van der Waals surface area (Å²) in [6, 6.07) is 5.32. The van der Waals surface area contributed by atoms with Crippen molar-refractivity contribution in [3.8, 4) is 22.8 Å². The normalized spacial score (nSPS) is 13.5. The molecule has 5 rings (SSSR count). The highest BCUT2D eigenvalue weighted by Gasteiger charge is 2.38. The number of hydrogen-bond donors (Lipinski definition) is 1. The molecule has 230 valence electrons. The molecule has 0 bridgehead atoms. The molecule has 14 heteroatoms. The molecule has 4 aromatic rings. The minimum Gasteiger partial charge on any atom is -0.497 e. The van der Waals surface area contributed by atoms with E-state index in [1.807, 2.05) is 30.5 Å². The number of methoxy groups -OCH3 is 2. The Morgan fingerprint density at radius 1 is 1.19 bits per heavy atom. The van der Waals surface area contributed by atoms with Gasteiger partial charge in [0.05, 0.1) is 38.2 Å². The molecule has 43 heavy (non-hydrogen) atoms. The fourth-order valence-electron chi connectivity index (χ4n) is 5.11. The standard InChI is InChI=1S/C29H35N5O8S/c1-7-40-29(35)24-25(33-42-26(24)17-8-9-17)22-20(14-41-43(6,36)37)34(16(2)3)28-23(22)27(31-15-32-28)30-13-18-10-11-19(38-4)12-21(18)39-5/h10-12,15-17H,7-9,13-14H2,1-6H3,(H,30,31,32). The number of nitrogens with one attached hydrogen (secondary N) is 1. The molecule has 1 fully saturated rings. The third-order valence-corrected chi connectivity index (χ3v) is 7.68. The molecule has 1 aliphatic carbocycles. The van der Waals surface area contributed by atoms with Crippen molar-refractivity contribution in [3.05, 3.63) is 47.1 Å². The minimum atomic E-state index is -3.83. The predicted octanol–water partition coefficient (Wildman–Crippen LogP) is 4.83. The van der Waals surface area contributed by atoms with Gasteiger partial charge in [0, 0.05) is 35.7 Å². The van der Waals surface area contributed by atoms with Gasteiger partial charge in [-0.2, -0.15) is 8.42 Å². The summed E-state index contributed by atoms with van der Waals surface area (Å²) >= 11 is 0. The van der Waals surface area contributed by atoms with Gasteiger partial charge < -0.3 is 28.6 Å². The van der Waals surface area contributed by atoms with Gasteiger partial charge >= 0.3 is 5.97 Å². The van der Waals surface area contributed by atoms with E-state index in [9.17, 15) is 13.2 Å². The zero-order valence-electron chi connectivity index (χ0n) is 25.0. The zero-order valence-corrected chi connectivity index (χ0v) is 25.8. The van der Waals surface area contributed by atoms with Gasteiger partial charge in [-0.25, -0.2) is 14.8 Å². The van der Waals surface area contributed by atoms with Crippen molar-refractivity contribution in [2.75, 3.05) is 32.4 Å². The number of rotatable bonds is 13. The Morgan fingerprint density at radius 2 is 1.95 bits per heavy atom. The maximum absolute atomic E-state index is 13.3. The minimum absolute atomic E-state index is 0.0474. The van der Waals surface area contributed by atoms with E-state index in [1.165, 1.54) is 6.33 Å². The first kappa shape index (κ1) is 30.3. The van der Waals surface area contributed by atoms with Gasteiger partial charge in [-0.1, -0.05) is 5.16 Å². The Hall–Kier alpha value is -4.17. The second-order valence-electron chi connectivity index (χ2n) is 10.5. The van der Waals surface area contributed by atoms with Crippen LogP contribution in [0.15, 0.2) is 29.0 Å². The third kappa shape index (κ3) is 6.15. The molecular weight excluding hydrogens is 578 g/mol. The Labute approximate surface area is 249 Å². The predicted molar refractivity (Wildman–Crippen MR) is 158 cm³/mol. The van der Waals surface area contributed by atoms with Gasteiger partial charge in [-0.15, -0.1) is 0 Å². The highest BCUT2D eigenvalue weighted by atomic mass is 32.2. The second kappa shape index (κ2) is 12.2. The van der Waals surface area contributed by atoms with Crippen LogP contribution >= 0.6 is 0 Å². The molecule has 0 unspecified atom stereocenters. The molecule has 0 atom stereocenters. The van der Waals surface area contributed by atoms with Gasteiger partial charge in [-0.3, -0.25) is 4.18 Å². The van der Waals surface area contributed by atoms with E-state index in [2.05, 4.69) is 20.4 Å². The average Bonchev–Trinajstić information content (AvgIpc) is 3.63. The van der Waals surface area contributed by atoms with Crippen molar-refractivity contribution in [2.24, 2.45) is 0 Å². The number of esters is 1. The van der Waals surface area contributed by atoms with Crippen molar-refractivity contribution in [1.29, 1.82) is 0 Å². The summed E-state index contributed by atoms with van der Waals surface area (Å²) in [7, 11) is -0.668. The first-order valence-corrected chi connectivity index (χ1v) is 15.7. The highest BCUT2D eigenvalue weighted by molar-refractivity contribution is 7.85. The molecule has 3 heterocycles. The molecule has 0 aliphatic heterocycles. The molecule has 0 saturated heterocycles. The summed E-state index contributed by atoms with van der Waals surface area (Å²) in [6.45, 7) is 5.75. The van der Waals surface area contributed by atoms with E-state index in [0.29, 0.717) is 51.9 Å². The monoisotopic (exact) mass is 613 g/mol. The number of benzene rings is 1. The van der Waals surface area contributed by atoms with Crippen LogP contribution in [0.3, 0.4) is 0 Å². The largest absolute Gasteiger partial charge is 0.497 e. The van der Waals surface area contributed by atoms with Crippen LogP contribution in [-0.4, -0.2) is 61.2 Å². The Kier molecular flexibility index (Phi) is 8.60. The van der Waals surface area contributed by atoms with E-state index in [-0.39, 0.29) is 36.4 Å². The fourth-order valence-corrected chi connectivity index (χ4v) is 5.43. The van der Waals surface area contributed by atoms with Crippen molar-refractivity contribution in [1.82, 2.24) is 19.7 Å². The number of carbonyl (C=O) groups excluding carboxylic acids is 1. The summed E-state index contributed by atoms with van der Waals surface area (Å²) in [5.74, 6) is 1.63. The number of fused-ring (bicyclic) bond motifs is 1. The summed E-state index contributed by atoms with van der Waals surface area (Å²) in [4.78, 5) is 22.5. The summed E-state index contributed by atoms with van der Waals surface area (Å²) in [6.07, 6.45) is 4.12. The van der Waals surface area contributed by atoms with Crippen LogP contribution in [0.4, 0.5) is 5.82 Å². The number of aromatic nitrogens is 4. The molecular formula is C29H35N5O8S. The van der Waals surface area contributed by atoms with Crippen molar-refractivity contribution in [2.45, 2.75) is 58.7 Å². The van der Waals surface area contributed by atoms with Gasteiger partial charge in [0.15, 0.2) is 5.76 Å². The molecule has 1 N–H and O–H groups in total. The first-order valence-electron chi connectivity index (χ1n) is 13.9. The van der Waals surface area contributed by atoms with E-state index >= 15 is 0 Å². The van der Waals surface area contributed by atoms with Crippen LogP contribution in [-0.2, 0) is 32.2 Å². The van der Waals surface area contributed by atoms with Crippen LogP contribution < -0.4 is 14.8 Å². The lowest BCUT2D eigenvalue weighted by atomic mass is 10.0. The maximum Gasteiger partial charge on any atom is 0.344 e. The topological polar surface area (TPSA) is 157 Å². The quantitative estimate of drug-likeness (QED) is 0.162. The lowest BCUT2D eigenvalue weighted by molar-refractivity contribution is 0.0524. The third-order valence-electron chi connectivity index (χ3n) is 7.13. The number of nitrogens with zero attached hydrogens (tertiary/aromatic N) is 4. The average molecular weight is 614 g/mol. The van der Waals surface area contributed by atoms with Gasteiger partial charge in [-0.05, 0) is 45.7 Å². The molecule has 3 aromatic heterocycles. The SMILES string of the molecule is CCOC(=O)c1c(-c2c(COS(C)(=O)=O)n(C(C)C)c3ncnc(NCc4ccc(OC)cc4OC)c23)noc1C1CC1. The van der Waals surface area contributed by atoms with E-state index < -0.39 is 16.1 Å². The van der Waals surface area contributed by atoms with Crippen LogP contribution in [0.2, 0.25) is 0 Å². The Balaban J connectivity index is 1.74. The molecule has 1 saturated carbocycles. The van der Waals surface area contributed by atoms with Crippen molar-refractivity contribution >= 4 is 32.9 Å². The number of carbonyl (C=O) groups is 1. The number of hydrogen-bond acceptors (Lipinski definition) is 12. The van der Waals surface area contributed by atoms with Crippen LogP contribution in [0.25, 0.3) is 22.3 Å². The maximum atomic E-state index is 13.3. The number of ether oxygens (including phenoxy) is 3.